The molecule has 2 aliphatic carbocycles. The summed E-state index contributed by atoms with van der Waals surface area (Å²) in [5.41, 5.74) is -0.727. The Balaban J connectivity index is 1.96. The molecule has 0 saturated heterocycles. The van der Waals surface area contributed by atoms with Gasteiger partial charge in [-0.1, -0.05) is 32.6 Å². The summed E-state index contributed by atoms with van der Waals surface area (Å²) in [5.74, 6) is 0.728. The third-order valence-corrected chi connectivity index (χ3v) is 4.31. The van der Waals surface area contributed by atoms with Crippen LogP contribution in [0.15, 0.2) is 0 Å². The Hall–Kier alpha value is -1.04. The van der Waals surface area contributed by atoms with Gasteiger partial charge in [0.25, 0.3) is 0 Å². The zero-order valence-electron chi connectivity index (χ0n) is 10.7. The molecule has 0 radical (unpaired) electrons. The predicted molar refractivity (Wildman–Crippen MR) is 66.1 cm³/mol. The van der Waals surface area contributed by atoms with Crippen LogP contribution in [-0.2, 0) is 4.79 Å². The maximum Gasteiger partial charge on any atom is 0.240 e. The molecule has 3 nitrogen and oxygen atoms in total. The molecule has 0 unspecified atom stereocenters. The minimum Gasteiger partial charge on any atom is -0.352 e. The van der Waals surface area contributed by atoms with Crippen LogP contribution in [0.4, 0.5) is 0 Å². The first-order chi connectivity index (χ1) is 8.16. The SMILES string of the molecule is CC1CC(NC(=O)C2(C#N)CCCCCC2)C1. The van der Waals surface area contributed by atoms with Crippen molar-refractivity contribution in [3.63, 3.8) is 0 Å². The van der Waals surface area contributed by atoms with E-state index in [1.54, 1.807) is 0 Å². The quantitative estimate of drug-likeness (QED) is 0.747. The van der Waals surface area contributed by atoms with Gasteiger partial charge in [-0.2, -0.15) is 5.26 Å². The van der Waals surface area contributed by atoms with E-state index in [1.165, 1.54) is 0 Å². The molecule has 2 fully saturated rings. The second-order valence-electron chi connectivity index (χ2n) is 5.86. The molecule has 2 saturated carbocycles. The van der Waals surface area contributed by atoms with Crippen molar-refractivity contribution in [3.05, 3.63) is 0 Å². The molecule has 0 bridgehead atoms. The number of carbonyl (C=O) groups is 1. The fraction of sp³-hybridized carbons (Fsp3) is 0.857. The predicted octanol–water partition coefficient (Wildman–Crippen LogP) is 2.77. The number of amides is 1. The van der Waals surface area contributed by atoms with E-state index in [0.717, 1.165) is 57.3 Å². The third kappa shape index (κ3) is 2.62. The van der Waals surface area contributed by atoms with Gasteiger partial charge in [0.1, 0.15) is 5.41 Å². The largest absolute Gasteiger partial charge is 0.352 e. The molecule has 2 aliphatic rings. The highest BCUT2D eigenvalue weighted by molar-refractivity contribution is 5.85. The number of hydrogen-bond donors (Lipinski definition) is 1. The van der Waals surface area contributed by atoms with Crippen molar-refractivity contribution in [2.75, 3.05) is 0 Å². The van der Waals surface area contributed by atoms with Gasteiger partial charge in [-0.15, -0.1) is 0 Å². The maximum absolute atomic E-state index is 12.3. The van der Waals surface area contributed by atoms with Gasteiger partial charge < -0.3 is 5.32 Å². The molecule has 0 heterocycles. The number of carbonyl (C=O) groups excluding carboxylic acids is 1. The van der Waals surface area contributed by atoms with E-state index in [-0.39, 0.29) is 5.91 Å². The molecule has 3 heteroatoms. The summed E-state index contributed by atoms with van der Waals surface area (Å²) in [6, 6.07) is 2.63. The molecule has 0 aromatic heterocycles. The zero-order valence-corrected chi connectivity index (χ0v) is 10.7. The molecule has 17 heavy (non-hydrogen) atoms. The minimum absolute atomic E-state index is 0.00111. The van der Waals surface area contributed by atoms with Crippen molar-refractivity contribution in [3.8, 4) is 6.07 Å². The van der Waals surface area contributed by atoms with Gasteiger partial charge in [0.15, 0.2) is 0 Å². The minimum atomic E-state index is -0.727. The van der Waals surface area contributed by atoms with E-state index in [2.05, 4.69) is 18.3 Å². The van der Waals surface area contributed by atoms with Crippen LogP contribution >= 0.6 is 0 Å². The third-order valence-electron chi connectivity index (χ3n) is 4.31. The Bertz CT molecular complexity index is 318. The molecule has 0 aliphatic heterocycles. The normalized spacial score (nSPS) is 31.8. The van der Waals surface area contributed by atoms with E-state index in [4.69, 9.17) is 0 Å². The van der Waals surface area contributed by atoms with Gasteiger partial charge in [-0.25, -0.2) is 0 Å². The maximum atomic E-state index is 12.3. The summed E-state index contributed by atoms with van der Waals surface area (Å²) >= 11 is 0. The highest BCUT2D eigenvalue weighted by Crippen LogP contribution is 2.36. The van der Waals surface area contributed by atoms with Gasteiger partial charge in [0, 0.05) is 6.04 Å². The van der Waals surface area contributed by atoms with Crippen molar-refractivity contribution in [1.82, 2.24) is 5.32 Å². The molecule has 0 atom stereocenters. The summed E-state index contributed by atoms with van der Waals surface area (Å²) in [6.07, 6.45) is 8.01. The molecule has 0 aromatic rings. The van der Waals surface area contributed by atoms with Crippen LogP contribution in [-0.4, -0.2) is 11.9 Å². The first-order valence-corrected chi connectivity index (χ1v) is 6.88. The fourth-order valence-electron chi connectivity index (χ4n) is 3.07. The van der Waals surface area contributed by atoms with Gasteiger partial charge in [-0.05, 0) is 31.6 Å². The smallest absolute Gasteiger partial charge is 0.240 e. The molecule has 0 spiro atoms. The van der Waals surface area contributed by atoms with Crippen molar-refractivity contribution < 1.29 is 4.79 Å². The van der Waals surface area contributed by atoms with Gasteiger partial charge >= 0.3 is 0 Å². The Labute approximate surface area is 104 Å². The lowest BCUT2D eigenvalue weighted by Crippen LogP contribution is -2.49. The standard InChI is InChI=1S/C14H22N2O/c1-11-8-12(9-11)16-13(17)14(10-15)6-4-2-3-5-7-14/h11-12H,2-9H2,1H3,(H,16,17). The molecule has 1 amide bonds. The van der Waals surface area contributed by atoms with Gasteiger partial charge in [-0.3, -0.25) is 4.79 Å². The van der Waals surface area contributed by atoms with Crippen LogP contribution in [0.5, 0.6) is 0 Å². The lowest BCUT2D eigenvalue weighted by atomic mass is 9.78. The van der Waals surface area contributed by atoms with Gasteiger partial charge in [0.2, 0.25) is 5.91 Å². The van der Waals surface area contributed by atoms with E-state index in [9.17, 15) is 10.1 Å². The summed E-state index contributed by atoms with van der Waals surface area (Å²) < 4.78 is 0. The summed E-state index contributed by atoms with van der Waals surface area (Å²) in [5, 5.41) is 12.5. The highest BCUT2D eigenvalue weighted by atomic mass is 16.2. The van der Waals surface area contributed by atoms with Crippen LogP contribution in [0.2, 0.25) is 0 Å². The number of nitrogens with one attached hydrogen (secondary N) is 1. The Morgan fingerprint density at radius 3 is 2.29 bits per heavy atom. The fourth-order valence-corrected chi connectivity index (χ4v) is 3.07. The first-order valence-electron chi connectivity index (χ1n) is 6.88. The zero-order chi connectivity index (χ0) is 12.3. The summed E-state index contributed by atoms with van der Waals surface area (Å²) in [4.78, 5) is 12.3. The molecule has 0 aromatic carbocycles. The van der Waals surface area contributed by atoms with Gasteiger partial charge in [0.05, 0.1) is 6.07 Å². The van der Waals surface area contributed by atoms with E-state index >= 15 is 0 Å². The lowest BCUT2D eigenvalue weighted by molar-refractivity contribution is -0.130. The average molecular weight is 234 g/mol. The second kappa shape index (κ2) is 5.08. The molecule has 1 N–H and O–H groups in total. The lowest BCUT2D eigenvalue weighted by Gasteiger charge is -2.36. The molecule has 2 rings (SSSR count). The molecular weight excluding hydrogens is 212 g/mol. The average Bonchev–Trinajstić information content (AvgIpc) is 2.53. The second-order valence-corrected chi connectivity index (χ2v) is 5.86. The van der Waals surface area contributed by atoms with E-state index < -0.39 is 5.41 Å². The number of rotatable bonds is 2. The molecular formula is C14H22N2O. The van der Waals surface area contributed by atoms with Crippen molar-refractivity contribution in [2.45, 2.75) is 64.3 Å². The van der Waals surface area contributed by atoms with Crippen LogP contribution < -0.4 is 5.32 Å². The topological polar surface area (TPSA) is 52.9 Å². The number of nitrogens with zero attached hydrogens (tertiary/aromatic N) is 1. The Morgan fingerprint density at radius 2 is 1.82 bits per heavy atom. The van der Waals surface area contributed by atoms with Crippen molar-refractivity contribution in [1.29, 1.82) is 5.26 Å². The summed E-state index contributed by atoms with van der Waals surface area (Å²) in [7, 11) is 0. The first kappa shape index (κ1) is 12.4. The van der Waals surface area contributed by atoms with Crippen LogP contribution in [0.25, 0.3) is 0 Å². The number of hydrogen-bond acceptors (Lipinski definition) is 2. The highest BCUT2D eigenvalue weighted by Gasteiger charge is 2.40. The molecule has 94 valence electrons. The van der Waals surface area contributed by atoms with Crippen molar-refractivity contribution in [2.24, 2.45) is 11.3 Å². The van der Waals surface area contributed by atoms with E-state index in [1.807, 2.05) is 0 Å². The van der Waals surface area contributed by atoms with Crippen LogP contribution in [0.1, 0.15) is 58.3 Å². The Morgan fingerprint density at radius 1 is 1.24 bits per heavy atom. The van der Waals surface area contributed by atoms with E-state index in [0.29, 0.717) is 6.04 Å². The summed E-state index contributed by atoms with van der Waals surface area (Å²) in [6.45, 7) is 2.20. The monoisotopic (exact) mass is 234 g/mol. The number of nitriles is 1. The van der Waals surface area contributed by atoms with Crippen LogP contribution in [0.3, 0.4) is 0 Å². The van der Waals surface area contributed by atoms with Crippen LogP contribution in [0, 0.1) is 22.7 Å². The van der Waals surface area contributed by atoms with Crippen molar-refractivity contribution >= 4 is 5.91 Å². The Kier molecular flexibility index (Phi) is 3.71.